The zero-order valence-corrected chi connectivity index (χ0v) is 19.2. The molecule has 0 bridgehead atoms. The molecule has 0 radical (unpaired) electrons. The molecule has 0 spiro atoms. The molecule has 2 aromatic rings. The third-order valence-corrected chi connectivity index (χ3v) is 5.62. The Kier molecular flexibility index (Phi) is 8.21. The highest BCUT2D eigenvalue weighted by Gasteiger charge is 2.24. The van der Waals surface area contributed by atoms with Crippen molar-refractivity contribution in [3.63, 3.8) is 0 Å². The van der Waals surface area contributed by atoms with Gasteiger partial charge in [-0.25, -0.2) is 0 Å². The maximum Gasteiger partial charge on any atom is 0.272 e. The Morgan fingerprint density at radius 2 is 2.03 bits per heavy atom. The van der Waals surface area contributed by atoms with E-state index < -0.39 is 0 Å². The normalized spacial score (nSPS) is 12.4. The third kappa shape index (κ3) is 6.57. The van der Waals surface area contributed by atoms with Gasteiger partial charge in [0.15, 0.2) is 0 Å². The number of aryl methyl sites for hydroxylation is 2. The number of methoxy groups -OCH3 is 1. The molecule has 0 saturated carbocycles. The van der Waals surface area contributed by atoms with Crippen LogP contribution in [-0.4, -0.2) is 36.7 Å². The average Bonchev–Trinajstić information content (AvgIpc) is 3.22. The lowest BCUT2D eigenvalue weighted by Crippen LogP contribution is -2.43. The smallest absolute Gasteiger partial charge is 0.272 e. The molecule has 5 heteroatoms. The van der Waals surface area contributed by atoms with E-state index >= 15 is 0 Å². The number of hydrogen-bond acceptors (Lipinski definition) is 4. The fourth-order valence-electron chi connectivity index (χ4n) is 2.80. The first-order valence-corrected chi connectivity index (χ1v) is 10.9. The fourth-order valence-corrected chi connectivity index (χ4v) is 3.41. The van der Waals surface area contributed by atoms with E-state index in [4.69, 9.17) is 4.74 Å². The lowest BCUT2D eigenvalue weighted by atomic mass is 10.0. The molecule has 0 aliphatic heterocycles. The predicted octanol–water partition coefficient (Wildman–Crippen LogP) is 5.51. The summed E-state index contributed by atoms with van der Waals surface area (Å²) < 4.78 is 5.41. The van der Waals surface area contributed by atoms with Crippen molar-refractivity contribution in [2.24, 2.45) is 4.99 Å². The van der Waals surface area contributed by atoms with Crippen LogP contribution < -0.4 is 4.74 Å². The Morgan fingerprint density at radius 3 is 2.62 bits per heavy atom. The second-order valence-corrected chi connectivity index (χ2v) is 8.76. The minimum atomic E-state index is -0.264. The van der Waals surface area contributed by atoms with E-state index in [9.17, 15) is 4.79 Å². The summed E-state index contributed by atoms with van der Waals surface area (Å²) in [7, 11) is 3.53. The summed E-state index contributed by atoms with van der Waals surface area (Å²) in [6.07, 6.45) is 6.23. The number of carbonyl (C=O) groups excluding carboxylic acids is 1. The lowest BCUT2D eigenvalue weighted by Gasteiger charge is -2.32. The molecule has 0 aliphatic rings. The van der Waals surface area contributed by atoms with Gasteiger partial charge in [-0.2, -0.15) is 11.3 Å². The summed E-state index contributed by atoms with van der Waals surface area (Å²) >= 11 is 1.62. The molecule has 0 atom stereocenters. The van der Waals surface area contributed by atoms with Gasteiger partial charge >= 0.3 is 0 Å². The Morgan fingerprint density at radius 1 is 1.28 bits per heavy atom. The number of ether oxygens (including phenoxy) is 1. The molecule has 0 fully saturated rings. The predicted molar refractivity (Wildman–Crippen MR) is 123 cm³/mol. The van der Waals surface area contributed by atoms with E-state index in [1.807, 2.05) is 56.8 Å². The van der Waals surface area contributed by atoms with Crippen LogP contribution in [0, 0.1) is 0 Å². The van der Waals surface area contributed by atoms with Crippen molar-refractivity contribution in [3.05, 3.63) is 63.5 Å². The van der Waals surface area contributed by atoms with E-state index in [1.54, 1.807) is 29.6 Å². The maximum atomic E-state index is 13.0. The molecule has 1 aromatic carbocycles. The van der Waals surface area contributed by atoms with Crippen LogP contribution in [0.3, 0.4) is 0 Å². The van der Waals surface area contributed by atoms with Gasteiger partial charge in [0, 0.05) is 24.4 Å². The van der Waals surface area contributed by atoms with Crippen molar-refractivity contribution < 1.29 is 9.53 Å². The zero-order valence-electron chi connectivity index (χ0n) is 18.4. The van der Waals surface area contributed by atoms with Crippen LogP contribution in [-0.2, 0) is 17.6 Å². The van der Waals surface area contributed by atoms with Crippen molar-refractivity contribution >= 4 is 23.5 Å². The van der Waals surface area contributed by atoms with E-state index in [1.165, 1.54) is 11.1 Å². The van der Waals surface area contributed by atoms with Crippen molar-refractivity contribution in [1.29, 1.82) is 0 Å². The van der Waals surface area contributed by atoms with Crippen molar-refractivity contribution in [2.45, 2.75) is 52.5 Å². The summed E-state index contributed by atoms with van der Waals surface area (Å²) in [6.45, 7) is 8.19. The second kappa shape index (κ2) is 10.4. The van der Waals surface area contributed by atoms with Crippen LogP contribution in [0.2, 0.25) is 0 Å². The first-order valence-electron chi connectivity index (χ1n) is 9.96. The number of allylic oxidation sites excluding steroid dienone is 1. The third-order valence-electron chi connectivity index (χ3n) is 4.92. The number of benzene rings is 1. The summed E-state index contributed by atoms with van der Waals surface area (Å²) in [6, 6.07) is 8.28. The quantitative estimate of drug-likeness (QED) is 0.424. The number of amides is 1. The van der Waals surface area contributed by atoms with Gasteiger partial charge in [0.25, 0.3) is 5.91 Å². The molecule has 1 aromatic heterocycles. The topological polar surface area (TPSA) is 41.9 Å². The van der Waals surface area contributed by atoms with Gasteiger partial charge in [0.05, 0.1) is 7.11 Å². The maximum absolute atomic E-state index is 13.0. The first kappa shape index (κ1) is 22.9. The van der Waals surface area contributed by atoms with E-state index in [0.717, 1.165) is 30.6 Å². The van der Waals surface area contributed by atoms with Crippen molar-refractivity contribution in [3.8, 4) is 5.75 Å². The Bertz CT molecular complexity index is 862. The highest BCUT2D eigenvalue weighted by atomic mass is 32.1. The number of nitrogens with zero attached hydrogens (tertiary/aromatic N) is 2. The van der Waals surface area contributed by atoms with Crippen LogP contribution in [0.5, 0.6) is 5.75 Å². The molecule has 156 valence electrons. The second-order valence-electron chi connectivity index (χ2n) is 7.98. The van der Waals surface area contributed by atoms with Crippen LogP contribution in [0.25, 0.3) is 0 Å². The lowest BCUT2D eigenvalue weighted by molar-refractivity contribution is -0.129. The Hall–Kier alpha value is -2.40. The minimum absolute atomic E-state index is 0.0621. The van der Waals surface area contributed by atoms with Gasteiger partial charge in [0.1, 0.15) is 11.4 Å². The number of thiophene rings is 1. The SMILES string of the molecule is CCc1cc(CC/C=C(/N=C/c2ccsc2)C(=O)N(C)C(C)(C)C)ccc1OC. The van der Waals surface area contributed by atoms with Gasteiger partial charge < -0.3 is 9.64 Å². The summed E-state index contributed by atoms with van der Waals surface area (Å²) in [4.78, 5) is 19.3. The monoisotopic (exact) mass is 412 g/mol. The minimum Gasteiger partial charge on any atom is -0.496 e. The summed E-state index contributed by atoms with van der Waals surface area (Å²) in [5.41, 5.74) is 3.66. The Balaban J connectivity index is 2.19. The summed E-state index contributed by atoms with van der Waals surface area (Å²) in [5, 5.41) is 4.02. The molecular formula is C24H32N2O2S. The number of likely N-dealkylation sites (N-methyl/N-ethyl adjacent to an activating group) is 1. The van der Waals surface area contributed by atoms with Gasteiger partial charge in [0.2, 0.25) is 0 Å². The first-order chi connectivity index (χ1) is 13.8. The van der Waals surface area contributed by atoms with Crippen LogP contribution in [0.1, 0.15) is 50.8 Å². The summed E-state index contributed by atoms with van der Waals surface area (Å²) in [5.74, 6) is 0.864. The standard InChI is InChI=1S/C24H32N2O2S/c1-7-20-15-18(11-12-22(20)28-6)9-8-10-21(23(27)26(5)24(2,3)4)25-16-19-13-14-29-17-19/h10-17H,7-9H2,1-6H3/b21-10+,25-16+. The van der Waals surface area contributed by atoms with Gasteiger partial charge in [-0.05, 0) is 74.1 Å². The Labute approximate surface area is 178 Å². The molecule has 0 N–H and O–H groups in total. The largest absolute Gasteiger partial charge is 0.496 e. The average molecular weight is 413 g/mol. The zero-order chi connectivity index (χ0) is 21.4. The highest BCUT2D eigenvalue weighted by molar-refractivity contribution is 7.08. The van der Waals surface area contributed by atoms with Crippen LogP contribution in [0.15, 0.2) is 51.8 Å². The number of carbonyl (C=O) groups is 1. The molecule has 1 amide bonds. The van der Waals surface area contributed by atoms with Gasteiger partial charge in [-0.3, -0.25) is 9.79 Å². The van der Waals surface area contributed by atoms with Gasteiger partial charge in [-0.1, -0.05) is 25.1 Å². The molecule has 0 aliphatic carbocycles. The molecular weight excluding hydrogens is 380 g/mol. The number of rotatable bonds is 8. The highest BCUT2D eigenvalue weighted by Crippen LogP contribution is 2.22. The molecule has 0 saturated heterocycles. The van der Waals surface area contributed by atoms with Crippen molar-refractivity contribution in [2.75, 3.05) is 14.2 Å². The number of hydrogen-bond donors (Lipinski definition) is 0. The molecule has 0 unspecified atom stereocenters. The van der Waals surface area contributed by atoms with E-state index in [0.29, 0.717) is 5.70 Å². The molecule has 2 rings (SSSR count). The van der Waals surface area contributed by atoms with E-state index in [2.05, 4.69) is 24.0 Å². The number of aliphatic imine (C=N–C) groups is 1. The van der Waals surface area contributed by atoms with Crippen molar-refractivity contribution in [1.82, 2.24) is 4.90 Å². The van der Waals surface area contributed by atoms with Crippen LogP contribution in [0.4, 0.5) is 0 Å². The van der Waals surface area contributed by atoms with E-state index in [-0.39, 0.29) is 11.4 Å². The molecule has 1 heterocycles. The van der Waals surface area contributed by atoms with Gasteiger partial charge in [-0.15, -0.1) is 0 Å². The van der Waals surface area contributed by atoms with Crippen LogP contribution >= 0.6 is 11.3 Å². The molecule has 4 nitrogen and oxygen atoms in total. The fraction of sp³-hybridized carbons (Fsp3) is 0.417. The molecule has 29 heavy (non-hydrogen) atoms.